The van der Waals surface area contributed by atoms with Crippen LogP contribution in [0.1, 0.15) is 48.2 Å². The van der Waals surface area contributed by atoms with Gasteiger partial charge >= 0.3 is 0 Å². The van der Waals surface area contributed by atoms with Crippen LogP contribution in [0.25, 0.3) is 0 Å². The van der Waals surface area contributed by atoms with Crippen molar-refractivity contribution in [1.29, 1.82) is 0 Å². The number of para-hydroxylation sites is 1. The van der Waals surface area contributed by atoms with Crippen molar-refractivity contribution in [1.82, 2.24) is 15.1 Å². The van der Waals surface area contributed by atoms with Gasteiger partial charge in [-0.3, -0.25) is 9.67 Å². The second-order valence-corrected chi connectivity index (χ2v) is 7.76. The van der Waals surface area contributed by atoms with Crippen molar-refractivity contribution < 1.29 is 0 Å². The third-order valence-electron chi connectivity index (χ3n) is 6.34. The van der Waals surface area contributed by atoms with Crippen LogP contribution in [0.2, 0.25) is 0 Å². The van der Waals surface area contributed by atoms with Gasteiger partial charge in [-0.15, -0.1) is 24.0 Å². The number of aromatic nitrogens is 2. The second kappa shape index (κ2) is 7.81. The minimum Gasteiger partial charge on any atom is -0.352 e. The molecule has 2 heterocycles. The monoisotopic (exact) mass is 479 g/mol. The zero-order valence-corrected chi connectivity index (χ0v) is 19.1. The highest BCUT2D eigenvalue weighted by Gasteiger charge is 2.45. The van der Waals surface area contributed by atoms with E-state index in [1.807, 2.05) is 18.8 Å². The molecule has 1 aromatic carbocycles. The van der Waals surface area contributed by atoms with Crippen LogP contribution in [-0.4, -0.2) is 29.3 Å². The Kier molecular flexibility index (Phi) is 5.84. The molecule has 1 saturated carbocycles. The van der Waals surface area contributed by atoms with Crippen molar-refractivity contribution in [3.8, 4) is 0 Å². The van der Waals surface area contributed by atoms with Crippen LogP contribution in [0.15, 0.2) is 29.3 Å². The first-order valence-electron chi connectivity index (χ1n) is 9.62. The molecule has 1 aromatic heterocycles. The van der Waals surface area contributed by atoms with Gasteiger partial charge in [0.25, 0.3) is 0 Å². The summed E-state index contributed by atoms with van der Waals surface area (Å²) in [6.45, 7) is 5.99. The Labute approximate surface area is 179 Å². The number of rotatable bonds is 2. The Balaban J connectivity index is 0.00000210. The number of anilines is 1. The Morgan fingerprint density at radius 2 is 1.93 bits per heavy atom. The highest BCUT2D eigenvalue weighted by atomic mass is 127. The molecule has 0 unspecified atom stereocenters. The summed E-state index contributed by atoms with van der Waals surface area (Å²) >= 11 is 0. The van der Waals surface area contributed by atoms with Crippen LogP contribution in [0, 0.1) is 13.8 Å². The minimum atomic E-state index is 0. The zero-order chi connectivity index (χ0) is 18.3. The molecule has 0 atom stereocenters. The van der Waals surface area contributed by atoms with Gasteiger partial charge in [0.1, 0.15) is 0 Å². The summed E-state index contributed by atoms with van der Waals surface area (Å²) in [5.41, 5.74) is 6.70. The van der Waals surface area contributed by atoms with Gasteiger partial charge in [0, 0.05) is 49.5 Å². The lowest BCUT2D eigenvalue weighted by molar-refractivity contribution is 0.478. The Morgan fingerprint density at radius 3 is 2.56 bits per heavy atom. The third-order valence-corrected chi connectivity index (χ3v) is 6.34. The summed E-state index contributed by atoms with van der Waals surface area (Å²) in [6, 6.07) is 8.89. The molecule has 1 aliphatic carbocycles. The van der Waals surface area contributed by atoms with Crippen molar-refractivity contribution >= 4 is 35.6 Å². The predicted octanol–water partition coefficient (Wildman–Crippen LogP) is 4.06. The van der Waals surface area contributed by atoms with Gasteiger partial charge in [0.2, 0.25) is 0 Å². The summed E-state index contributed by atoms with van der Waals surface area (Å²) in [4.78, 5) is 7.00. The van der Waals surface area contributed by atoms with E-state index < -0.39 is 0 Å². The molecule has 0 bridgehead atoms. The first-order valence-corrected chi connectivity index (χ1v) is 9.62. The van der Waals surface area contributed by atoms with Gasteiger partial charge in [0.15, 0.2) is 5.96 Å². The molecule has 4 rings (SSSR count). The van der Waals surface area contributed by atoms with E-state index in [1.54, 1.807) is 0 Å². The highest BCUT2D eigenvalue weighted by molar-refractivity contribution is 14.0. The van der Waals surface area contributed by atoms with E-state index in [9.17, 15) is 0 Å². The summed E-state index contributed by atoms with van der Waals surface area (Å²) in [5, 5.41) is 8.12. The Morgan fingerprint density at radius 1 is 1.22 bits per heavy atom. The molecule has 5 nitrogen and oxygen atoms in total. The highest BCUT2D eigenvalue weighted by Crippen LogP contribution is 2.50. The molecule has 0 saturated heterocycles. The van der Waals surface area contributed by atoms with E-state index in [1.165, 1.54) is 48.2 Å². The molecule has 1 fully saturated rings. The van der Waals surface area contributed by atoms with Crippen molar-refractivity contribution in [2.45, 2.75) is 51.5 Å². The summed E-state index contributed by atoms with van der Waals surface area (Å²) in [6.07, 6.45) is 5.25. The fourth-order valence-electron chi connectivity index (χ4n) is 4.83. The summed E-state index contributed by atoms with van der Waals surface area (Å²) in [7, 11) is 3.88. The third kappa shape index (κ3) is 3.37. The van der Waals surface area contributed by atoms with Gasteiger partial charge in [-0.25, -0.2) is 0 Å². The predicted molar refractivity (Wildman–Crippen MR) is 122 cm³/mol. The van der Waals surface area contributed by atoms with Crippen LogP contribution < -0.4 is 10.2 Å². The quantitative estimate of drug-likeness (QED) is 0.402. The largest absolute Gasteiger partial charge is 0.352 e. The van der Waals surface area contributed by atoms with E-state index in [0.717, 1.165) is 24.7 Å². The second-order valence-electron chi connectivity index (χ2n) is 7.76. The molecule has 1 spiro atoms. The first kappa shape index (κ1) is 20.2. The van der Waals surface area contributed by atoms with Crippen molar-refractivity contribution in [3.05, 3.63) is 46.8 Å². The SMILES string of the molecule is CN=C(NCc1c(C)nn(C)c1C)N1CC2(CCCC2)c2ccccc21.I. The number of fused-ring (bicyclic) bond motifs is 2. The van der Waals surface area contributed by atoms with Gasteiger partial charge in [-0.05, 0) is 38.3 Å². The first-order chi connectivity index (χ1) is 12.6. The lowest BCUT2D eigenvalue weighted by Crippen LogP contribution is -2.43. The number of nitrogens with one attached hydrogen (secondary N) is 1. The molecular weight excluding hydrogens is 449 g/mol. The van der Waals surface area contributed by atoms with Gasteiger partial charge in [-0.2, -0.15) is 5.10 Å². The molecule has 6 heteroatoms. The number of guanidine groups is 1. The maximum atomic E-state index is 4.61. The van der Waals surface area contributed by atoms with Crippen molar-refractivity contribution in [3.63, 3.8) is 0 Å². The number of nitrogens with zero attached hydrogens (tertiary/aromatic N) is 4. The smallest absolute Gasteiger partial charge is 0.198 e. The van der Waals surface area contributed by atoms with E-state index in [4.69, 9.17) is 0 Å². The Hall–Kier alpha value is -1.57. The number of aliphatic imine (C=N–C) groups is 1. The molecule has 1 N–H and O–H groups in total. The van der Waals surface area contributed by atoms with E-state index >= 15 is 0 Å². The van der Waals surface area contributed by atoms with E-state index in [-0.39, 0.29) is 24.0 Å². The maximum absolute atomic E-state index is 4.61. The lowest BCUT2D eigenvalue weighted by Gasteiger charge is -2.26. The topological polar surface area (TPSA) is 45.5 Å². The molecule has 2 aliphatic rings. The van der Waals surface area contributed by atoms with Gasteiger partial charge in [0.05, 0.1) is 5.69 Å². The van der Waals surface area contributed by atoms with Crippen LogP contribution in [0.4, 0.5) is 5.69 Å². The molecule has 0 amide bonds. The fourth-order valence-corrected chi connectivity index (χ4v) is 4.83. The molecule has 0 radical (unpaired) electrons. The molecule has 146 valence electrons. The fraction of sp³-hybridized carbons (Fsp3) is 0.524. The lowest BCUT2D eigenvalue weighted by atomic mass is 9.81. The average molecular weight is 479 g/mol. The van der Waals surface area contributed by atoms with Crippen LogP contribution in [-0.2, 0) is 19.0 Å². The maximum Gasteiger partial charge on any atom is 0.198 e. The number of halogens is 1. The number of benzene rings is 1. The van der Waals surface area contributed by atoms with Crippen LogP contribution in [0.5, 0.6) is 0 Å². The van der Waals surface area contributed by atoms with Gasteiger partial charge in [-0.1, -0.05) is 31.0 Å². The number of hydrogen-bond donors (Lipinski definition) is 1. The normalized spacial score (nSPS) is 17.9. The van der Waals surface area contributed by atoms with Crippen LogP contribution >= 0.6 is 24.0 Å². The molecule has 1 aliphatic heterocycles. The molecular formula is C21H30IN5. The molecule has 27 heavy (non-hydrogen) atoms. The standard InChI is InChI=1S/C21H29N5.HI/c1-15-17(16(2)25(4)24-15)13-23-20(22-3)26-14-21(11-7-8-12-21)18-9-5-6-10-19(18)26;/h5-6,9-10H,7-8,11-14H2,1-4H3,(H,22,23);1H. The van der Waals surface area contributed by atoms with Crippen LogP contribution in [0.3, 0.4) is 0 Å². The summed E-state index contributed by atoms with van der Waals surface area (Å²) in [5.74, 6) is 0.962. The average Bonchev–Trinajstić information content (AvgIpc) is 3.31. The van der Waals surface area contributed by atoms with Crippen molar-refractivity contribution in [2.75, 3.05) is 18.5 Å². The molecule has 2 aromatic rings. The minimum absolute atomic E-state index is 0. The van der Waals surface area contributed by atoms with E-state index in [2.05, 4.69) is 58.4 Å². The zero-order valence-electron chi connectivity index (χ0n) is 16.7. The number of aryl methyl sites for hydroxylation is 2. The van der Waals surface area contributed by atoms with E-state index in [0.29, 0.717) is 5.41 Å². The van der Waals surface area contributed by atoms with Crippen molar-refractivity contribution in [2.24, 2.45) is 12.0 Å². The number of hydrogen-bond acceptors (Lipinski definition) is 2. The van der Waals surface area contributed by atoms with Gasteiger partial charge < -0.3 is 10.2 Å². The Bertz CT molecular complexity index is 848. The summed E-state index contributed by atoms with van der Waals surface area (Å²) < 4.78 is 1.95.